The van der Waals surface area contributed by atoms with E-state index in [1.807, 2.05) is 0 Å². The number of carbonyl (C=O) groups excluding carboxylic acids is 1. The Balaban J connectivity index is 1.46. The molecule has 0 atom stereocenters. The summed E-state index contributed by atoms with van der Waals surface area (Å²) in [5.41, 5.74) is 0.383. The monoisotopic (exact) mass is 458 g/mol. The Morgan fingerprint density at radius 1 is 1.09 bits per heavy atom. The van der Waals surface area contributed by atoms with Gasteiger partial charge in [0.2, 0.25) is 5.76 Å². The summed E-state index contributed by atoms with van der Waals surface area (Å²) >= 11 is 0. The van der Waals surface area contributed by atoms with Gasteiger partial charge >= 0.3 is 6.01 Å². The largest absolute Gasteiger partial charge is 0.497 e. The summed E-state index contributed by atoms with van der Waals surface area (Å²) in [6.07, 6.45) is 1.35. The van der Waals surface area contributed by atoms with Crippen molar-refractivity contribution in [3.05, 3.63) is 66.2 Å². The van der Waals surface area contributed by atoms with E-state index in [2.05, 4.69) is 20.2 Å². The molecule has 2 heterocycles. The zero-order valence-electron chi connectivity index (χ0n) is 16.8. The third-order valence-electron chi connectivity index (χ3n) is 4.25. The van der Waals surface area contributed by atoms with E-state index in [9.17, 15) is 13.2 Å². The van der Waals surface area contributed by atoms with Crippen LogP contribution in [0.4, 0.5) is 11.7 Å². The second kappa shape index (κ2) is 8.98. The maximum Gasteiger partial charge on any atom is 0.322 e. The minimum Gasteiger partial charge on any atom is -0.497 e. The van der Waals surface area contributed by atoms with Crippen LogP contribution in [-0.4, -0.2) is 44.8 Å². The van der Waals surface area contributed by atoms with Gasteiger partial charge in [-0.05, 0) is 42.5 Å². The number of aromatic nitrogens is 2. The average Bonchev–Trinajstić information content (AvgIpc) is 3.28. The molecule has 0 saturated heterocycles. The number of amides is 1. The lowest BCUT2D eigenvalue weighted by Crippen LogP contribution is -2.15. The molecule has 32 heavy (non-hydrogen) atoms. The van der Waals surface area contributed by atoms with Crippen LogP contribution >= 0.6 is 0 Å². The Labute approximate surface area is 183 Å². The minimum absolute atomic E-state index is 0.0507. The molecule has 0 radical (unpaired) electrons. The Morgan fingerprint density at radius 2 is 1.91 bits per heavy atom. The van der Waals surface area contributed by atoms with Crippen molar-refractivity contribution in [2.24, 2.45) is 0 Å². The molecule has 1 aliphatic heterocycles. The highest BCUT2D eigenvalue weighted by atomic mass is 32.2. The first kappa shape index (κ1) is 21.2. The number of methoxy groups -OCH3 is 1. The topological polar surface area (TPSA) is 142 Å². The lowest BCUT2D eigenvalue weighted by atomic mass is 10.2. The number of hydrogen-bond donors (Lipinski definition) is 2. The number of nitrogens with zero attached hydrogens (tertiary/aromatic N) is 2. The zero-order chi connectivity index (χ0) is 22.6. The zero-order valence-corrected chi connectivity index (χ0v) is 17.6. The number of benzene rings is 2. The van der Waals surface area contributed by atoms with E-state index < -0.39 is 15.9 Å². The van der Waals surface area contributed by atoms with Crippen LogP contribution in [0.2, 0.25) is 0 Å². The first-order chi connectivity index (χ1) is 15.4. The van der Waals surface area contributed by atoms with Gasteiger partial charge in [-0.1, -0.05) is 11.2 Å². The predicted octanol–water partition coefficient (Wildman–Crippen LogP) is 2.48. The van der Waals surface area contributed by atoms with E-state index >= 15 is 0 Å². The maximum absolute atomic E-state index is 12.6. The lowest BCUT2D eigenvalue weighted by Gasteiger charge is -2.12. The van der Waals surface area contributed by atoms with E-state index in [0.29, 0.717) is 19.0 Å². The SMILES string of the molecule is COc1ccc(S(=O)(=O)Nc2cccc(C(=O)Nc3nnc(C4=COCCO4)o3)c2)cc1. The van der Waals surface area contributed by atoms with Gasteiger partial charge in [0.15, 0.2) is 0 Å². The average molecular weight is 458 g/mol. The Morgan fingerprint density at radius 3 is 2.62 bits per heavy atom. The summed E-state index contributed by atoms with van der Waals surface area (Å²) in [6.45, 7) is 0.759. The molecule has 2 N–H and O–H groups in total. The summed E-state index contributed by atoms with van der Waals surface area (Å²) in [5, 5.41) is 10.00. The Hall–Kier alpha value is -4.06. The van der Waals surface area contributed by atoms with Gasteiger partial charge in [0.05, 0.1) is 12.0 Å². The van der Waals surface area contributed by atoms with Crippen LogP contribution in [0.3, 0.4) is 0 Å². The van der Waals surface area contributed by atoms with Gasteiger partial charge in [0.25, 0.3) is 21.8 Å². The molecule has 1 amide bonds. The molecule has 3 aromatic rings. The van der Waals surface area contributed by atoms with E-state index in [0.717, 1.165) is 0 Å². The highest BCUT2D eigenvalue weighted by molar-refractivity contribution is 7.92. The first-order valence-electron chi connectivity index (χ1n) is 9.31. The van der Waals surface area contributed by atoms with Crippen molar-refractivity contribution in [1.29, 1.82) is 0 Å². The molecular weight excluding hydrogens is 440 g/mol. The molecule has 0 aliphatic carbocycles. The van der Waals surface area contributed by atoms with Crippen LogP contribution in [0.5, 0.6) is 5.75 Å². The van der Waals surface area contributed by atoms with Crippen LogP contribution in [0.15, 0.2) is 64.1 Å². The van der Waals surface area contributed by atoms with Crippen molar-refractivity contribution in [3.8, 4) is 5.75 Å². The quantitative estimate of drug-likeness (QED) is 0.546. The van der Waals surface area contributed by atoms with Crippen molar-refractivity contribution in [1.82, 2.24) is 10.2 Å². The maximum atomic E-state index is 12.6. The van der Waals surface area contributed by atoms with Gasteiger partial charge in [-0.15, -0.1) is 5.10 Å². The van der Waals surface area contributed by atoms with E-state index in [-0.39, 0.29) is 33.8 Å². The fraction of sp³-hybridized carbons (Fsp3) is 0.150. The van der Waals surface area contributed by atoms with E-state index in [1.54, 1.807) is 0 Å². The summed E-state index contributed by atoms with van der Waals surface area (Å²) < 4.78 is 48.5. The summed E-state index contributed by atoms with van der Waals surface area (Å²) in [4.78, 5) is 12.6. The molecule has 0 unspecified atom stereocenters. The van der Waals surface area contributed by atoms with Crippen molar-refractivity contribution in [3.63, 3.8) is 0 Å². The Kier molecular flexibility index (Phi) is 5.94. The second-order valence-electron chi connectivity index (χ2n) is 6.43. The van der Waals surface area contributed by atoms with Crippen LogP contribution < -0.4 is 14.8 Å². The molecule has 0 fully saturated rings. The van der Waals surface area contributed by atoms with Crippen molar-refractivity contribution >= 4 is 33.4 Å². The molecule has 0 spiro atoms. The molecular formula is C20H18N4O7S. The smallest absolute Gasteiger partial charge is 0.322 e. The molecule has 2 aromatic carbocycles. The number of sulfonamides is 1. The van der Waals surface area contributed by atoms with Crippen molar-refractivity contribution in [2.75, 3.05) is 30.4 Å². The van der Waals surface area contributed by atoms with Crippen molar-refractivity contribution in [2.45, 2.75) is 4.90 Å². The Bertz CT molecular complexity index is 1250. The number of nitrogens with one attached hydrogen (secondary N) is 2. The van der Waals surface area contributed by atoms with E-state index in [4.69, 9.17) is 18.6 Å². The number of anilines is 2. The second-order valence-corrected chi connectivity index (χ2v) is 8.11. The third-order valence-corrected chi connectivity index (χ3v) is 5.65. The van der Waals surface area contributed by atoms with Gasteiger partial charge in [0.1, 0.15) is 25.2 Å². The third kappa shape index (κ3) is 4.81. The number of carbonyl (C=O) groups is 1. The van der Waals surface area contributed by atoms with Crippen LogP contribution in [0, 0.1) is 0 Å². The molecule has 12 heteroatoms. The predicted molar refractivity (Wildman–Crippen MR) is 112 cm³/mol. The summed E-state index contributed by atoms with van der Waals surface area (Å²) in [7, 11) is -2.37. The molecule has 0 saturated carbocycles. The van der Waals surface area contributed by atoms with Crippen LogP contribution in [0.1, 0.15) is 16.2 Å². The van der Waals surface area contributed by atoms with Crippen LogP contribution in [0.25, 0.3) is 5.76 Å². The number of ether oxygens (including phenoxy) is 3. The summed E-state index contributed by atoms with van der Waals surface area (Å²) in [5.74, 6) is 0.284. The molecule has 11 nitrogen and oxygen atoms in total. The standard InChI is InChI=1S/C20H18N4O7S/c1-28-15-5-7-16(8-6-15)32(26,27)24-14-4-2-3-13(11-14)18(25)21-20-23-22-19(31-20)17-12-29-9-10-30-17/h2-8,11-12,24H,9-10H2,1H3,(H,21,23,25). The summed E-state index contributed by atoms with van der Waals surface area (Å²) in [6, 6.07) is 11.7. The first-order valence-corrected chi connectivity index (χ1v) is 10.8. The van der Waals surface area contributed by atoms with Gasteiger partial charge in [-0.2, -0.15) is 0 Å². The highest BCUT2D eigenvalue weighted by Gasteiger charge is 2.19. The number of rotatable bonds is 7. The van der Waals surface area contributed by atoms with Gasteiger partial charge < -0.3 is 18.6 Å². The van der Waals surface area contributed by atoms with E-state index in [1.165, 1.54) is 61.9 Å². The van der Waals surface area contributed by atoms with Gasteiger partial charge in [-0.3, -0.25) is 14.8 Å². The molecule has 166 valence electrons. The number of hydrogen-bond acceptors (Lipinski definition) is 9. The molecule has 1 aromatic heterocycles. The normalized spacial score (nSPS) is 13.3. The fourth-order valence-corrected chi connectivity index (χ4v) is 3.77. The minimum atomic E-state index is -3.86. The van der Waals surface area contributed by atoms with Gasteiger partial charge in [0, 0.05) is 11.3 Å². The van der Waals surface area contributed by atoms with Crippen molar-refractivity contribution < 1.29 is 31.8 Å². The fourth-order valence-electron chi connectivity index (χ4n) is 2.72. The van der Waals surface area contributed by atoms with Crippen LogP contribution in [-0.2, 0) is 19.5 Å². The lowest BCUT2D eigenvalue weighted by molar-refractivity contribution is 0.102. The molecule has 0 bridgehead atoms. The molecule has 1 aliphatic rings. The van der Waals surface area contributed by atoms with Gasteiger partial charge in [-0.25, -0.2) is 8.42 Å². The highest BCUT2D eigenvalue weighted by Crippen LogP contribution is 2.22. The molecule has 4 rings (SSSR count).